The molecule has 0 aliphatic rings. The molecule has 0 fully saturated rings. The summed E-state index contributed by atoms with van der Waals surface area (Å²) in [6.45, 7) is 13.4. The molecule has 0 aliphatic heterocycles. The normalized spacial score (nSPS) is 13.0. The van der Waals surface area contributed by atoms with Gasteiger partial charge in [0, 0.05) is 17.5 Å². The Morgan fingerprint density at radius 3 is 1.96 bits per heavy atom. The summed E-state index contributed by atoms with van der Waals surface area (Å²) in [7, 11) is 0. The molecule has 0 radical (unpaired) electrons. The van der Waals surface area contributed by atoms with Crippen molar-refractivity contribution < 1.29 is 14.3 Å². The fraction of sp³-hybridized carbons (Fsp3) is 0.619. The van der Waals surface area contributed by atoms with Gasteiger partial charge in [-0.2, -0.15) is 0 Å². The average Bonchev–Trinajstić information content (AvgIpc) is 2.50. The summed E-state index contributed by atoms with van der Waals surface area (Å²) < 4.78 is 5.68. The third-order valence-electron chi connectivity index (χ3n) is 4.14. The van der Waals surface area contributed by atoms with Crippen molar-refractivity contribution in [1.29, 1.82) is 0 Å². The Labute approximate surface area is 152 Å². The molecule has 0 heterocycles. The Morgan fingerprint density at radius 2 is 1.52 bits per heavy atom. The van der Waals surface area contributed by atoms with Gasteiger partial charge >= 0.3 is 6.09 Å². The zero-order valence-corrected chi connectivity index (χ0v) is 16.7. The van der Waals surface area contributed by atoms with Gasteiger partial charge in [-0.15, -0.1) is 0 Å². The molecule has 0 aromatic heterocycles. The van der Waals surface area contributed by atoms with Crippen LogP contribution in [0.4, 0.5) is 4.79 Å². The fourth-order valence-electron chi connectivity index (χ4n) is 2.87. The lowest BCUT2D eigenvalue weighted by atomic mass is 9.85. The molecule has 0 spiro atoms. The molecule has 0 unspecified atom stereocenters. The minimum Gasteiger partial charge on any atom is -0.438 e. The van der Waals surface area contributed by atoms with Crippen molar-refractivity contribution in [2.24, 2.45) is 5.41 Å². The number of hydrogen-bond donors (Lipinski definition) is 0. The summed E-state index contributed by atoms with van der Waals surface area (Å²) in [6, 6.07) is 10.00. The highest BCUT2D eigenvalue weighted by Crippen LogP contribution is 2.22. The van der Waals surface area contributed by atoms with Crippen molar-refractivity contribution in [3.8, 4) is 0 Å². The van der Waals surface area contributed by atoms with Crippen LogP contribution >= 0.6 is 0 Å². The first kappa shape index (κ1) is 21.2. The average molecular weight is 347 g/mol. The minimum atomic E-state index is -0.729. The van der Waals surface area contributed by atoms with E-state index in [1.807, 2.05) is 78.8 Å². The Bertz CT molecular complexity index is 550. The topological polar surface area (TPSA) is 46.6 Å². The maximum absolute atomic E-state index is 12.8. The molecule has 0 bridgehead atoms. The predicted octanol–water partition coefficient (Wildman–Crippen LogP) is 4.86. The van der Waals surface area contributed by atoms with Crippen LogP contribution in [-0.4, -0.2) is 35.0 Å². The first-order chi connectivity index (χ1) is 11.5. The second-order valence-corrected chi connectivity index (χ2v) is 8.11. The van der Waals surface area contributed by atoms with Gasteiger partial charge in [0.2, 0.25) is 0 Å². The van der Waals surface area contributed by atoms with E-state index in [0.29, 0.717) is 12.8 Å². The first-order valence-electron chi connectivity index (χ1n) is 9.11. The molecule has 25 heavy (non-hydrogen) atoms. The van der Waals surface area contributed by atoms with E-state index in [1.165, 1.54) is 0 Å². The Hall–Kier alpha value is -1.84. The Morgan fingerprint density at radius 1 is 1.00 bits per heavy atom. The number of carbonyl (C=O) groups is 2. The molecule has 140 valence electrons. The smallest absolute Gasteiger partial charge is 0.410 e. The van der Waals surface area contributed by atoms with Gasteiger partial charge < -0.3 is 9.64 Å². The van der Waals surface area contributed by atoms with Gasteiger partial charge in [-0.25, -0.2) is 4.79 Å². The van der Waals surface area contributed by atoms with Crippen molar-refractivity contribution in [2.75, 3.05) is 0 Å². The summed E-state index contributed by atoms with van der Waals surface area (Å²) in [6.07, 6.45) is 0.0493. The summed E-state index contributed by atoms with van der Waals surface area (Å²) >= 11 is 0. The van der Waals surface area contributed by atoms with E-state index in [4.69, 9.17) is 4.74 Å². The van der Waals surface area contributed by atoms with E-state index in [9.17, 15) is 9.59 Å². The molecular formula is C21H33NO3. The standard InChI is InChI=1S/C21H33NO3/c1-15(2)22(16(3)4)20(24)25-18(19(23)21(5,6)7)14-13-17-11-9-8-10-12-17/h8-12,15-16,18H,13-14H2,1-7H3/t18-/m1/s1. The summed E-state index contributed by atoms with van der Waals surface area (Å²) in [5.74, 6) is -0.0377. The molecule has 4 heteroatoms. The number of hydrogen-bond acceptors (Lipinski definition) is 3. The maximum atomic E-state index is 12.8. The zero-order chi connectivity index (χ0) is 19.2. The van der Waals surface area contributed by atoms with Crippen LogP contribution in [0, 0.1) is 5.41 Å². The number of aryl methyl sites for hydroxylation is 1. The second kappa shape index (κ2) is 9.02. The largest absolute Gasteiger partial charge is 0.438 e. The lowest BCUT2D eigenvalue weighted by molar-refractivity contribution is -0.136. The second-order valence-electron chi connectivity index (χ2n) is 8.11. The van der Waals surface area contributed by atoms with Crippen LogP contribution in [0.15, 0.2) is 30.3 Å². The molecule has 0 saturated carbocycles. The summed E-state index contributed by atoms with van der Waals surface area (Å²) in [5, 5.41) is 0. The molecule has 1 amide bonds. The highest BCUT2D eigenvalue weighted by molar-refractivity contribution is 5.89. The van der Waals surface area contributed by atoms with Crippen LogP contribution in [-0.2, 0) is 16.0 Å². The quantitative estimate of drug-likeness (QED) is 0.708. The van der Waals surface area contributed by atoms with Crippen LogP contribution in [0.5, 0.6) is 0 Å². The Kier molecular flexibility index (Phi) is 7.65. The number of amides is 1. The lowest BCUT2D eigenvalue weighted by Gasteiger charge is -2.32. The number of nitrogens with zero attached hydrogens (tertiary/aromatic N) is 1. The van der Waals surface area contributed by atoms with Gasteiger partial charge in [-0.3, -0.25) is 4.79 Å². The predicted molar refractivity (Wildman–Crippen MR) is 102 cm³/mol. The van der Waals surface area contributed by atoms with Crippen LogP contribution in [0.2, 0.25) is 0 Å². The highest BCUT2D eigenvalue weighted by Gasteiger charge is 2.34. The summed E-state index contributed by atoms with van der Waals surface area (Å²) in [4.78, 5) is 27.1. The fourth-order valence-corrected chi connectivity index (χ4v) is 2.87. The molecule has 1 atom stereocenters. The van der Waals surface area contributed by atoms with Crippen LogP contribution < -0.4 is 0 Å². The van der Waals surface area contributed by atoms with Crippen molar-refractivity contribution in [3.05, 3.63) is 35.9 Å². The molecule has 1 aromatic carbocycles. The van der Waals surface area contributed by atoms with Crippen molar-refractivity contribution in [2.45, 2.75) is 79.5 Å². The number of carbonyl (C=O) groups excluding carboxylic acids is 2. The molecular weight excluding hydrogens is 314 g/mol. The van der Waals surface area contributed by atoms with E-state index in [-0.39, 0.29) is 17.9 Å². The third kappa shape index (κ3) is 6.52. The lowest BCUT2D eigenvalue weighted by Crippen LogP contribution is -2.46. The van der Waals surface area contributed by atoms with Gasteiger partial charge in [-0.05, 0) is 46.1 Å². The summed E-state index contributed by atoms with van der Waals surface area (Å²) in [5.41, 5.74) is 0.581. The number of rotatable bonds is 7. The van der Waals surface area contributed by atoms with Crippen molar-refractivity contribution in [3.63, 3.8) is 0 Å². The number of ketones is 1. The van der Waals surface area contributed by atoms with Crippen molar-refractivity contribution >= 4 is 11.9 Å². The van der Waals surface area contributed by atoms with Crippen LogP contribution in [0.3, 0.4) is 0 Å². The van der Waals surface area contributed by atoms with Crippen LogP contribution in [0.1, 0.15) is 60.5 Å². The third-order valence-corrected chi connectivity index (χ3v) is 4.14. The van der Waals surface area contributed by atoms with Gasteiger partial charge in [0.1, 0.15) is 0 Å². The van der Waals surface area contributed by atoms with E-state index in [1.54, 1.807) is 4.90 Å². The molecule has 1 rings (SSSR count). The number of benzene rings is 1. The molecule has 0 N–H and O–H groups in total. The van der Waals surface area contributed by atoms with E-state index in [2.05, 4.69) is 0 Å². The van der Waals surface area contributed by atoms with Crippen LogP contribution in [0.25, 0.3) is 0 Å². The Balaban J connectivity index is 2.91. The van der Waals surface area contributed by atoms with E-state index >= 15 is 0 Å². The number of ether oxygens (including phenoxy) is 1. The molecule has 1 aromatic rings. The molecule has 0 saturated heterocycles. The number of Topliss-reactive ketones (excluding diaryl/α,β-unsaturated/α-hetero) is 1. The van der Waals surface area contributed by atoms with Gasteiger partial charge in [-0.1, -0.05) is 51.1 Å². The van der Waals surface area contributed by atoms with Gasteiger partial charge in [0.15, 0.2) is 11.9 Å². The van der Waals surface area contributed by atoms with Gasteiger partial charge in [0.05, 0.1) is 0 Å². The minimum absolute atomic E-state index is 0.0204. The monoisotopic (exact) mass is 347 g/mol. The molecule has 4 nitrogen and oxygen atoms in total. The highest BCUT2D eigenvalue weighted by atomic mass is 16.6. The maximum Gasteiger partial charge on any atom is 0.410 e. The first-order valence-corrected chi connectivity index (χ1v) is 9.11. The van der Waals surface area contributed by atoms with E-state index in [0.717, 1.165) is 5.56 Å². The SMILES string of the molecule is CC(C)N(C(=O)O[C@H](CCc1ccccc1)C(=O)C(C)(C)C)C(C)C. The molecule has 0 aliphatic carbocycles. The zero-order valence-electron chi connectivity index (χ0n) is 16.7. The van der Waals surface area contributed by atoms with E-state index < -0.39 is 17.6 Å². The van der Waals surface area contributed by atoms with Gasteiger partial charge in [0.25, 0.3) is 0 Å². The van der Waals surface area contributed by atoms with Crippen molar-refractivity contribution in [1.82, 2.24) is 4.90 Å².